The van der Waals surface area contributed by atoms with Gasteiger partial charge < -0.3 is 29.3 Å². The van der Waals surface area contributed by atoms with E-state index < -0.39 is 53.7 Å². The average Bonchev–Trinajstić information content (AvgIpc) is 3.11. The van der Waals surface area contributed by atoms with Crippen LogP contribution in [0.1, 0.15) is 97.8 Å². The van der Waals surface area contributed by atoms with Gasteiger partial charge in [0, 0.05) is 39.8 Å². The first-order valence-corrected chi connectivity index (χ1v) is 18.6. The average molecular weight is 720 g/mol. The molecule has 16 nitrogen and oxygen atoms in total. The van der Waals surface area contributed by atoms with Crippen molar-refractivity contribution in [2.75, 3.05) is 53.0 Å². The van der Waals surface area contributed by atoms with Crippen LogP contribution in [-0.4, -0.2) is 121 Å². The fourth-order valence-electron chi connectivity index (χ4n) is 7.02. The Morgan fingerprint density at radius 1 is 0.784 bits per heavy atom. The highest BCUT2D eigenvalue weighted by Gasteiger charge is 2.54. The van der Waals surface area contributed by atoms with Gasteiger partial charge in [0.2, 0.25) is 17.8 Å². The second-order valence-electron chi connectivity index (χ2n) is 14.9. The maximum atomic E-state index is 13.4. The normalized spacial score (nSPS) is 21.6. The molecular formula is C35H57N7O9. The van der Waals surface area contributed by atoms with Gasteiger partial charge in [-0.2, -0.15) is 0 Å². The number of likely N-dealkylation sites (tertiary alicyclic amines) is 1. The molecule has 16 heteroatoms. The van der Waals surface area contributed by atoms with E-state index in [0.29, 0.717) is 18.3 Å². The Hall–Kier alpha value is -4.11. The number of carbonyl (C=O) groups excluding carboxylic acids is 6. The van der Waals surface area contributed by atoms with Crippen LogP contribution in [0.4, 0.5) is 19.2 Å². The molecular weight excluding hydrogens is 662 g/mol. The highest BCUT2D eigenvalue weighted by atomic mass is 16.6. The van der Waals surface area contributed by atoms with Crippen LogP contribution in [-0.2, 0) is 23.8 Å². The first kappa shape index (κ1) is 39.7. The number of ether oxygens (including phenoxy) is 3. The van der Waals surface area contributed by atoms with Crippen LogP contribution in [0.3, 0.4) is 0 Å². The number of urea groups is 1. The van der Waals surface area contributed by atoms with Crippen LogP contribution in [0, 0.1) is 17.8 Å². The molecule has 2 aliphatic heterocycles. The minimum absolute atomic E-state index is 0.103. The second-order valence-corrected chi connectivity index (χ2v) is 14.9. The number of hydrogen-bond donors (Lipinski definition) is 3. The van der Waals surface area contributed by atoms with Crippen LogP contribution in [0.2, 0.25) is 0 Å². The zero-order valence-electron chi connectivity index (χ0n) is 30.7. The van der Waals surface area contributed by atoms with Crippen molar-refractivity contribution in [3.05, 3.63) is 0 Å². The van der Waals surface area contributed by atoms with Gasteiger partial charge in [0.25, 0.3) is 0 Å². The Morgan fingerprint density at radius 3 is 1.78 bits per heavy atom. The number of guanidine groups is 1. The summed E-state index contributed by atoms with van der Waals surface area (Å²) >= 11 is 0. The summed E-state index contributed by atoms with van der Waals surface area (Å²) in [6.45, 7) is 6.86. The van der Waals surface area contributed by atoms with E-state index in [-0.39, 0.29) is 58.3 Å². The third-order valence-electron chi connectivity index (χ3n) is 9.87. The molecule has 1 unspecified atom stereocenters. The van der Waals surface area contributed by atoms with Crippen molar-refractivity contribution in [3.63, 3.8) is 0 Å². The van der Waals surface area contributed by atoms with Crippen molar-refractivity contribution in [2.24, 2.45) is 22.7 Å². The van der Waals surface area contributed by atoms with E-state index >= 15 is 0 Å². The van der Waals surface area contributed by atoms with Crippen LogP contribution in [0.15, 0.2) is 4.99 Å². The number of alkyl carbamates (subject to hydrolysis) is 2. The topological polar surface area (TPSA) is 188 Å². The number of nitrogens with one attached hydrogen (secondary N) is 3. The van der Waals surface area contributed by atoms with Crippen molar-refractivity contribution < 1.29 is 43.0 Å². The number of amides is 7. The molecule has 4 aliphatic rings. The standard InChI is InChI=1S/C35H57N7O9/c1-35(2,3)51-34(48)41-20-18-40(19-21-41)33(47)42-27(28(43)36-4)26(29(42)44)16-11-17-37-30(38-31(45)49-22-24-12-7-5-8-13-24)39-32(46)50-23-25-14-9-6-10-15-25/h24-27H,5-23H2,1-4H3,(H,36,43)(H2,37,38,39,45,46)/t26-,27?/m1/s1. The molecule has 3 N–H and O–H groups in total. The summed E-state index contributed by atoms with van der Waals surface area (Å²) in [6.07, 6.45) is 9.45. The van der Waals surface area contributed by atoms with Gasteiger partial charge >= 0.3 is 24.3 Å². The highest BCUT2D eigenvalue weighted by molar-refractivity contribution is 6.09. The molecule has 0 radical (unpaired) electrons. The van der Waals surface area contributed by atoms with E-state index in [0.717, 1.165) is 56.3 Å². The minimum atomic E-state index is -0.997. The summed E-state index contributed by atoms with van der Waals surface area (Å²) in [5.74, 6) is -1.20. The van der Waals surface area contributed by atoms with Crippen molar-refractivity contribution in [3.8, 4) is 0 Å². The van der Waals surface area contributed by atoms with E-state index in [2.05, 4.69) is 20.9 Å². The predicted octanol–water partition coefficient (Wildman–Crippen LogP) is 3.98. The van der Waals surface area contributed by atoms with Gasteiger partial charge in [0.15, 0.2) is 0 Å². The number of carbonyl (C=O) groups is 6. The van der Waals surface area contributed by atoms with Gasteiger partial charge in [0.1, 0.15) is 11.6 Å². The lowest BCUT2D eigenvalue weighted by Gasteiger charge is -2.47. The molecule has 0 aromatic carbocycles. The fourth-order valence-corrected chi connectivity index (χ4v) is 7.02. The Bertz CT molecular complexity index is 1230. The molecule has 4 rings (SSSR count). The van der Waals surface area contributed by atoms with E-state index in [4.69, 9.17) is 14.2 Å². The van der Waals surface area contributed by atoms with Crippen molar-refractivity contribution in [1.82, 2.24) is 30.7 Å². The number of aliphatic imine (C=N–C) groups is 1. The van der Waals surface area contributed by atoms with Crippen LogP contribution in [0.25, 0.3) is 0 Å². The number of imide groups is 1. The number of piperazine rings is 1. The van der Waals surface area contributed by atoms with Crippen molar-refractivity contribution in [2.45, 2.75) is 109 Å². The van der Waals surface area contributed by atoms with Crippen LogP contribution >= 0.6 is 0 Å². The predicted molar refractivity (Wildman–Crippen MR) is 187 cm³/mol. The lowest BCUT2D eigenvalue weighted by molar-refractivity contribution is -0.158. The number of rotatable bonds is 9. The molecule has 0 aromatic heterocycles. The zero-order chi connectivity index (χ0) is 37.0. The SMILES string of the molecule is CNC(=O)C1[C@@H](CCCN=C(NC(=O)OCC2CCCCC2)NC(=O)OCC2CCCCC2)C(=O)N1C(=O)N1CCN(C(=O)OC(C)(C)C)CC1. The monoisotopic (exact) mass is 719 g/mol. The summed E-state index contributed by atoms with van der Waals surface area (Å²) in [7, 11) is 1.44. The second kappa shape index (κ2) is 18.9. The minimum Gasteiger partial charge on any atom is -0.449 e. The molecule has 4 fully saturated rings. The van der Waals surface area contributed by atoms with Crippen LogP contribution in [0.5, 0.6) is 0 Å². The van der Waals surface area contributed by atoms with E-state index in [9.17, 15) is 28.8 Å². The largest absolute Gasteiger partial charge is 0.449 e. The van der Waals surface area contributed by atoms with Crippen molar-refractivity contribution in [1.29, 1.82) is 0 Å². The summed E-state index contributed by atoms with van der Waals surface area (Å²) in [5, 5.41) is 7.59. The Kier molecular flexibility index (Phi) is 14.7. The van der Waals surface area contributed by atoms with Gasteiger partial charge in [-0.3, -0.25) is 30.1 Å². The summed E-state index contributed by atoms with van der Waals surface area (Å²) in [4.78, 5) is 85.6. The number of likely N-dealkylation sites (N-methyl/N-ethyl adjacent to an activating group) is 1. The molecule has 51 heavy (non-hydrogen) atoms. The first-order chi connectivity index (χ1) is 24.4. The quantitative estimate of drug-likeness (QED) is 0.104. The molecule has 2 saturated carbocycles. The Balaban J connectivity index is 1.30. The number of β-lactam (4-membered cyclic amide) rings is 1. The molecule has 286 valence electrons. The lowest BCUT2D eigenvalue weighted by Crippen LogP contribution is -2.70. The summed E-state index contributed by atoms with van der Waals surface area (Å²) in [5.41, 5.74) is -0.649. The van der Waals surface area contributed by atoms with Gasteiger partial charge in [-0.05, 0) is 71.1 Å². The zero-order valence-corrected chi connectivity index (χ0v) is 30.7. The summed E-state index contributed by atoms with van der Waals surface area (Å²) in [6, 6.07) is -1.58. The van der Waals surface area contributed by atoms with E-state index in [1.165, 1.54) is 29.7 Å². The van der Waals surface area contributed by atoms with E-state index in [1.54, 1.807) is 20.8 Å². The molecule has 2 atom stereocenters. The van der Waals surface area contributed by atoms with Gasteiger partial charge in [-0.25, -0.2) is 19.2 Å². The molecule has 0 spiro atoms. The molecule has 2 saturated heterocycles. The van der Waals surface area contributed by atoms with Crippen molar-refractivity contribution >= 4 is 42.1 Å². The van der Waals surface area contributed by atoms with Gasteiger partial charge in [0.05, 0.1) is 19.1 Å². The maximum absolute atomic E-state index is 13.4. The Labute approximate surface area is 300 Å². The lowest BCUT2D eigenvalue weighted by atomic mass is 9.83. The van der Waals surface area contributed by atoms with Gasteiger partial charge in [-0.1, -0.05) is 38.5 Å². The smallest absolute Gasteiger partial charge is 0.413 e. The third kappa shape index (κ3) is 12.0. The third-order valence-corrected chi connectivity index (χ3v) is 9.87. The number of hydrogen-bond acceptors (Lipinski definition) is 10. The highest BCUT2D eigenvalue weighted by Crippen LogP contribution is 2.32. The molecule has 7 amide bonds. The van der Waals surface area contributed by atoms with E-state index in [1.807, 2.05) is 0 Å². The fraction of sp³-hybridized carbons (Fsp3) is 0.800. The maximum Gasteiger partial charge on any atom is 0.413 e. The number of nitrogens with zero attached hydrogens (tertiary/aromatic N) is 4. The summed E-state index contributed by atoms with van der Waals surface area (Å²) < 4.78 is 16.3. The molecule has 2 heterocycles. The van der Waals surface area contributed by atoms with Crippen LogP contribution < -0.4 is 16.0 Å². The molecule has 2 aliphatic carbocycles. The molecule has 0 bridgehead atoms. The van der Waals surface area contributed by atoms with Gasteiger partial charge in [-0.15, -0.1) is 0 Å². The molecule has 0 aromatic rings. The first-order valence-electron chi connectivity index (χ1n) is 18.6. The Morgan fingerprint density at radius 2 is 1.29 bits per heavy atom.